The van der Waals surface area contributed by atoms with Gasteiger partial charge in [0.15, 0.2) is 0 Å². The summed E-state index contributed by atoms with van der Waals surface area (Å²) in [7, 11) is 0. The Morgan fingerprint density at radius 3 is 2.56 bits per heavy atom. The highest BCUT2D eigenvalue weighted by Gasteiger charge is 2.13. The van der Waals surface area contributed by atoms with Crippen molar-refractivity contribution >= 4 is 29.6 Å². The quantitative estimate of drug-likeness (QED) is 0.470. The van der Waals surface area contributed by atoms with Gasteiger partial charge in [0.2, 0.25) is 5.88 Å². The number of aromatic nitrogens is 1. The summed E-state index contributed by atoms with van der Waals surface area (Å²) in [6.45, 7) is 4.48. The minimum absolute atomic E-state index is 0.0845. The third-order valence-electron chi connectivity index (χ3n) is 3.20. The van der Waals surface area contributed by atoms with Crippen LogP contribution in [-0.2, 0) is 0 Å². The van der Waals surface area contributed by atoms with Crippen LogP contribution in [0.15, 0.2) is 36.5 Å². The van der Waals surface area contributed by atoms with Crippen molar-refractivity contribution in [2.45, 2.75) is 13.8 Å². The molecule has 7 heteroatoms. The van der Waals surface area contributed by atoms with Gasteiger partial charge in [-0.3, -0.25) is 15.0 Å². The molecule has 0 aliphatic rings. The molecule has 0 saturated carbocycles. The fourth-order valence-corrected chi connectivity index (χ4v) is 2.11. The molecule has 0 spiro atoms. The van der Waals surface area contributed by atoms with Crippen molar-refractivity contribution in [3.8, 4) is 5.88 Å². The number of hydrogen-bond acceptors (Lipinski definition) is 5. The summed E-state index contributed by atoms with van der Waals surface area (Å²) in [5.74, 6) is 0.00587. The average Bonchev–Trinajstić information content (AvgIpc) is 2.60. The van der Waals surface area contributed by atoms with E-state index in [0.29, 0.717) is 29.9 Å². The highest BCUT2D eigenvalue weighted by atomic mass is 35.5. The van der Waals surface area contributed by atoms with Gasteiger partial charge in [-0.2, -0.15) is 0 Å². The molecule has 0 radical (unpaired) electrons. The van der Waals surface area contributed by atoms with Crippen LogP contribution in [0.2, 0.25) is 5.02 Å². The molecule has 2 aromatic rings. The van der Waals surface area contributed by atoms with Crippen LogP contribution in [0.4, 0.5) is 0 Å². The number of aldehydes is 1. The van der Waals surface area contributed by atoms with Crippen LogP contribution in [-0.4, -0.2) is 29.6 Å². The Labute approximate surface area is 150 Å². The third kappa shape index (κ3) is 5.12. The van der Waals surface area contributed by atoms with E-state index >= 15 is 0 Å². The van der Waals surface area contributed by atoms with E-state index in [2.05, 4.69) is 10.3 Å². The maximum Gasteiger partial charge on any atom is 0.258 e. The summed E-state index contributed by atoms with van der Waals surface area (Å²) in [5, 5.41) is 10.6. The smallest absolute Gasteiger partial charge is 0.258 e. The maximum absolute atomic E-state index is 12.2. The number of benzene rings is 1. The predicted molar refractivity (Wildman–Crippen MR) is 95.7 cm³/mol. The molecule has 0 fully saturated rings. The van der Waals surface area contributed by atoms with Crippen LogP contribution in [0.5, 0.6) is 5.88 Å². The van der Waals surface area contributed by atoms with Gasteiger partial charge in [-0.15, -0.1) is 0 Å². The Balaban J connectivity index is 2.05. The lowest BCUT2D eigenvalue weighted by molar-refractivity contribution is 0.0976. The molecular weight excluding hydrogens is 342 g/mol. The number of pyridine rings is 1. The van der Waals surface area contributed by atoms with E-state index in [1.165, 1.54) is 12.3 Å². The number of nitrogens with zero attached hydrogens (tertiary/aromatic N) is 1. The van der Waals surface area contributed by atoms with Gasteiger partial charge in [0.25, 0.3) is 5.91 Å². The van der Waals surface area contributed by atoms with E-state index in [0.717, 1.165) is 0 Å². The average molecular weight is 360 g/mol. The van der Waals surface area contributed by atoms with Crippen molar-refractivity contribution in [1.82, 2.24) is 10.3 Å². The zero-order valence-corrected chi connectivity index (χ0v) is 14.6. The van der Waals surface area contributed by atoms with Gasteiger partial charge in [-0.25, -0.2) is 4.98 Å². The minimum atomic E-state index is -0.505. The van der Waals surface area contributed by atoms with Crippen LogP contribution in [0.25, 0.3) is 0 Å². The molecule has 0 bridgehead atoms. The van der Waals surface area contributed by atoms with E-state index in [1.807, 2.05) is 13.8 Å². The van der Waals surface area contributed by atoms with Gasteiger partial charge in [-0.05, 0) is 12.0 Å². The summed E-state index contributed by atoms with van der Waals surface area (Å²) < 4.78 is 5.46. The Bertz CT molecular complexity index is 789. The maximum atomic E-state index is 12.2. The SMILES string of the molecule is CC(C)COc1ncc(C(=O)NC(=N)c2ccc(C=O)cc2)cc1Cl. The summed E-state index contributed by atoms with van der Waals surface area (Å²) in [6, 6.07) is 7.76. The number of hydrogen-bond donors (Lipinski definition) is 2. The first-order chi connectivity index (χ1) is 11.9. The van der Waals surface area contributed by atoms with Crippen molar-refractivity contribution in [1.29, 1.82) is 5.41 Å². The van der Waals surface area contributed by atoms with E-state index < -0.39 is 5.91 Å². The zero-order valence-electron chi connectivity index (χ0n) is 13.9. The second kappa shape index (κ2) is 8.39. The number of carbonyl (C=O) groups is 2. The summed E-state index contributed by atoms with van der Waals surface area (Å²) >= 11 is 6.09. The molecule has 25 heavy (non-hydrogen) atoms. The molecule has 1 aromatic carbocycles. The van der Waals surface area contributed by atoms with Gasteiger partial charge < -0.3 is 10.1 Å². The molecule has 6 nitrogen and oxygen atoms in total. The number of ether oxygens (including phenoxy) is 1. The highest BCUT2D eigenvalue weighted by molar-refractivity contribution is 6.32. The number of carbonyl (C=O) groups excluding carboxylic acids is 2. The molecule has 0 aliphatic carbocycles. The van der Waals surface area contributed by atoms with Crippen molar-refractivity contribution in [2.75, 3.05) is 6.61 Å². The lowest BCUT2D eigenvalue weighted by atomic mass is 10.1. The second-order valence-corrected chi connectivity index (χ2v) is 6.19. The number of nitrogens with one attached hydrogen (secondary N) is 2. The van der Waals surface area contributed by atoms with Gasteiger partial charge in [0.05, 0.1) is 12.2 Å². The first kappa shape index (κ1) is 18.6. The first-order valence-corrected chi connectivity index (χ1v) is 8.02. The largest absolute Gasteiger partial charge is 0.476 e. The first-order valence-electron chi connectivity index (χ1n) is 7.64. The molecular formula is C18H18ClN3O3. The number of rotatable bonds is 6. The summed E-state index contributed by atoms with van der Waals surface area (Å²) in [6.07, 6.45) is 2.06. The fraction of sp³-hybridized carbons (Fsp3) is 0.222. The standard InChI is InChI=1S/C18H18ClN3O3/c1-11(2)10-25-18-15(19)7-14(8-21-18)17(24)22-16(20)13-5-3-12(9-23)4-6-13/h3-9,11H,10H2,1-2H3,(H2,20,22,24). The summed E-state index contributed by atoms with van der Waals surface area (Å²) in [5.41, 5.74) is 1.20. The molecule has 1 aromatic heterocycles. The van der Waals surface area contributed by atoms with Crippen LogP contribution in [0.1, 0.15) is 40.1 Å². The molecule has 2 rings (SSSR count). The molecule has 1 heterocycles. The Kier molecular flexibility index (Phi) is 6.25. The van der Waals surface area contributed by atoms with Gasteiger partial charge in [-0.1, -0.05) is 49.7 Å². The van der Waals surface area contributed by atoms with Gasteiger partial charge in [0.1, 0.15) is 17.1 Å². The molecule has 2 N–H and O–H groups in total. The zero-order chi connectivity index (χ0) is 18.4. The molecule has 0 saturated heterocycles. The highest BCUT2D eigenvalue weighted by Crippen LogP contribution is 2.23. The fourth-order valence-electron chi connectivity index (χ4n) is 1.89. The number of amides is 1. The van der Waals surface area contributed by atoms with Crippen molar-refractivity contribution in [3.63, 3.8) is 0 Å². The van der Waals surface area contributed by atoms with Crippen LogP contribution < -0.4 is 10.1 Å². The van der Waals surface area contributed by atoms with E-state index in [1.54, 1.807) is 24.3 Å². The second-order valence-electron chi connectivity index (χ2n) is 5.78. The van der Waals surface area contributed by atoms with Crippen molar-refractivity contribution < 1.29 is 14.3 Å². The Morgan fingerprint density at radius 1 is 1.32 bits per heavy atom. The topological polar surface area (TPSA) is 92.1 Å². The van der Waals surface area contributed by atoms with E-state index in [-0.39, 0.29) is 22.3 Å². The summed E-state index contributed by atoms with van der Waals surface area (Å²) in [4.78, 5) is 26.9. The number of amidine groups is 1. The van der Waals surface area contributed by atoms with Crippen molar-refractivity contribution in [2.24, 2.45) is 5.92 Å². The Hall–Kier alpha value is -2.73. The van der Waals surface area contributed by atoms with E-state index in [4.69, 9.17) is 21.7 Å². The predicted octanol–water partition coefficient (Wildman–Crippen LogP) is 3.34. The van der Waals surface area contributed by atoms with Crippen LogP contribution >= 0.6 is 11.6 Å². The minimum Gasteiger partial charge on any atom is -0.476 e. The van der Waals surface area contributed by atoms with E-state index in [9.17, 15) is 9.59 Å². The number of halogens is 1. The van der Waals surface area contributed by atoms with Crippen LogP contribution in [0, 0.1) is 11.3 Å². The third-order valence-corrected chi connectivity index (χ3v) is 3.47. The van der Waals surface area contributed by atoms with Gasteiger partial charge in [0, 0.05) is 17.3 Å². The lowest BCUT2D eigenvalue weighted by Crippen LogP contribution is -2.30. The normalized spacial score (nSPS) is 10.4. The van der Waals surface area contributed by atoms with Crippen LogP contribution in [0.3, 0.4) is 0 Å². The molecule has 0 aliphatic heterocycles. The molecule has 1 amide bonds. The van der Waals surface area contributed by atoms with Gasteiger partial charge >= 0.3 is 0 Å². The lowest BCUT2D eigenvalue weighted by Gasteiger charge is -2.11. The molecule has 0 unspecified atom stereocenters. The Morgan fingerprint density at radius 2 is 2.00 bits per heavy atom. The molecule has 0 atom stereocenters. The molecule has 130 valence electrons. The monoisotopic (exact) mass is 359 g/mol. The van der Waals surface area contributed by atoms with Crippen molar-refractivity contribution in [3.05, 3.63) is 58.2 Å².